The van der Waals surface area contributed by atoms with Gasteiger partial charge in [-0.2, -0.15) is 0 Å². The summed E-state index contributed by atoms with van der Waals surface area (Å²) in [6.07, 6.45) is 3.09. The highest BCUT2D eigenvalue weighted by atomic mass is 79.9. The van der Waals surface area contributed by atoms with Crippen LogP contribution in [0.25, 0.3) is 0 Å². The van der Waals surface area contributed by atoms with Gasteiger partial charge in [0.05, 0.1) is 5.69 Å². The molecule has 24 heavy (non-hydrogen) atoms. The number of benzene rings is 1. The maximum atomic E-state index is 12.4. The first-order valence-electron chi connectivity index (χ1n) is 7.80. The Labute approximate surface area is 155 Å². The predicted molar refractivity (Wildman–Crippen MR) is 97.6 cm³/mol. The van der Waals surface area contributed by atoms with Crippen LogP contribution in [0.5, 0.6) is 5.75 Å². The molecule has 1 aromatic carbocycles. The number of carbonyl (C=O) groups excluding carboxylic acids is 2. The summed E-state index contributed by atoms with van der Waals surface area (Å²) >= 11 is 3.37. The van der Waals surface area contributed by atoms with E-state index < -0.39 is 0 Å². The fraction of sp³-hybridized carbons (Fsp3) is 0.500. The van der Waals surface area contributed by atoms with Gasteiger partial charge in [-0.15, -0.1) is 12.4 Å². The number of nitrogens with two attached hydrogens (primary N) is 1. The summed E-state index contributed by atoms with van der Waals surface area (Å²) in [5, 5.41) is 3.03. The number of amides is 2. The molecule has 1 aliphatic carbocycles. The number of rotatable bonds is 4. The molecule has 1 heterocycles. The second-order valence-electron chi connectivity index (χ2n) is 5.98. The highest BCUT2D eigenvalue weighted by Gasteiger charge is 2.31. The van der Waals surface area contributed by atoms with Crippen molar-refractivity contribution < 1.29 is 14.3 Å². The molecule has 1 saturated carbocycles. The van der Waals surface area contributed by atoms with Gasteiger partial charge in [-0.05, 0) is 43.5 Å². The minimum atomic E-state index is -0.211. The molecule has 0 spiro atoms. The molecule has 1 aromatic rings. The van der Waals surface area contributed by atoms with Gasteiger partial charge < -0.3 is 15.8 Å². The van der Waals surface area contributed by atoms with E-state index in [0.29, 0.717) is 23.9 Å². The summed E-state index contributed by atoms with van der Waals surface area (Å²) in [5.74, 6) is 0.575. The Morgan fingerprint density at radius 3 is 2.96 bits per heavy atom. The molecule has 2 amide bonds. The van der Waals surface area contributed by atoms with Gasteiger partial charge in [0.2, 0.25) is 5.91 Å². The number of hydrogen-bond acceptors (Lipinski definition) is 4. The second kappa shape index (κ2) is 8.18. The van der Waals surface area contributed by atoms with Crippen LogP contribution >= 0.6 is 28.3 Å². The van der Waals surface area contributed by atoms with Crippen molar-refractivity contribution in [3.63, 3.8) is 0 Å². The first-order valence-corrected chi connectivity index (χ1v) is 8.60. The summed E-state index contributed by atoms with van der Waals surface area (Å²) in [7, 11) is 0. The maximum absolute atomic E-state index is 12.4. The van der Waals surface area contributed by atoms with Crippen molar-refractivity contribution in [2.24, 2.45) is 11.7 Å². The van der Waals surface area contributed by atoms with Gasteiger partial charge in [-0.25, -0.2) is 0 Å². The van der Waals surface area contributed by atoms with Crippen molar-refractivity contribution in [3.8, 4) is 5.75 Å². The van der Waals surface area contributed by atoms with Gasteiger partial charge >= 0.3 is 0 Å². The van der Waals surface area contributed by atoms with E-state index >= 15 is 0 Å². The van der Waals surface area contributed by atoms with E-state index in [2.05, 4.69) is 21.2 Å². The normalized spacial score (nSPS) is 22.4. The van der Waals surface area contributed by atoms with Gasteiger partial charge in [0.25, 0.3) is 5.91 Å². The number of carbonyl (C=O) groups is 2. The molecule has 0 saturated heterocycles. The highest BCUT2D eigenvalue weighted by molar-refractivity contribution is 9.10. The van der Waals surface area contributed by atoms with Crippen molar-refractivity contribution in [1.82, 2.24) is 5.32 Å². The number of nitrogens with one attached hydrogen (secondary N) is 1. The van der Waals surface area contributed by atoms with Crippen LogP contribution in [-0.2, 0) is 9.59 Å². The second-order valence-corrected chi connectivity index (χ2v) is 6.90. The molecule has 0 bridgehead atoms. The Morgan fingerprint density at radius 2 is 2.21 bits per heavy atom. The van der Waals surface area contributed by atoms with Gasteiger partial charge in [0.15, 0.2) is 6.61 Å². The largest absolute Gasteiger partial charge is 0.482 e. The van der Waals surface area contributed by atoms with Gasteiger partial charge in [0, 0.05) is 10.5 Å². The van der Waals surface area contributed by atoms with Crippen LogP contribution < -0.4 is 20.7 Å². The van der Waals surface area contributed by atoms with Crippen LogP contribution in [0.2, 0.25) is 0 Å². The molecule has 1 aliphatic heterocycles. The zero-order chi connectivity index (χ0) is 16.4. The number of fused-ring (bicyclic) bond motifs is 1. The van der Waals surface area contributed by atoms with E-state index in [4.69, 9.17) is 10.5 Å². The fourth-order valence-electron chi connectivity index (χ4n) is 3.26. The monoisotopic (exact) mass is 417 g/mol. The first-order chi connectivity index (χ1) is 11.1. The summed E-state index contributed by atoms with van der Waals surface area (Å²) in [6.45, 7) is 0.536. The molecule has 0 radical (unpaired) electrons. The lowest BCUT2D eigenvalue weighted by Crippen LogP contribution is -2.48. The molecular weight excluding hydrogens is 398 g/mol. The zero-order valence-corrected chi connectivity index (χ0v) is 15.6. The smallest absolute Gasteiger partial charge is 0.265 e. The molecule has 1 fully saturated rings. The Balaban J connectivity index is 0.00000208. The Bertz CT molecular complexity index is 629. The summed E-state index contributed by atoms with van der Waals surface area (Å²) in [6, 6.07) is 5.52. The van der Waals surface area contributed by atoms with Gasteiger partial charge in [0.1, 0.15) is 12.3 Å². The average molecular weight is 419 g/mol. The minimum absolute atomic E-state index is 0. The molecule has 3 N–H and O–H groups in total. The van der Waals surface area contributed by atoms with Crippen LogP contribution in [0.15, 0.2) is 22.7 Å². The summed E-state index contributed by atoms with van der Waals surface area (Å²) < 4.78 is 6.29. The molecular formula is C16H21BrClN3O3. The number of hydrogen-bond donors (Lipinski definition) is 2. The van der Waals surface area contributed by atoms with Crippen LogP contribution in [-0.4, -0.2) is 37.6 Å². The van der Waals surface area contributed by atoms with Crippen molar-refractivity contribution in [2.45, 2.75) is 25.3 Å². The van der Waals surface area contributed by atoms with E-state index in [1.807, 2.05) is 6.07 Å². The van der Waals surface area contributed by atoms with Crippen molar-refractivity contribution >= 4 is 45.8 Å². The van der Waals surface area contributed by atoms with Crippen LogP contribution in [0.1, 0.15) is 19.3 Å². The Morgan fingerprint density at radius 1 is 1.42 bits per heavy atom. The molecule has 0 aromatic heterocycles. The quantitative estimate of drug-likeness (QED) is 0.781. The highest BCUT2D eigenvalue weighted by Crippen LogP contribution is 2.34. The molecule has 2 atom stereocenters. The molecule has 132 valence electrons. The summed E-state index contributed by atoms with van der Waals surface area (Å²) in [4.78, 5) is 26.0. The Hall–Kier alpha value is -1.31. The van der Waals surface area contributed by atoms with Crippen LogP contribution in [0, 0.1) is 5.92 Å². The molecule has 3 rings (SSSR count). The SMILES string of the molecule is Cl.NCC1CCCC1NC(=O)CN1C(=O)COc2cc(Br)ccc21. The number of anilines is 1. The molecule has 8 heteroatoms. The third kappa shape index (κ3) is 4.02. The summed E-state index contributed by atoms with van der Waals surface area (Å²) in [5.41, 5.74) is 6.37. The van der Waals surface area contributed by atoms with Crippen molar-refractivity contribution in [3.05, 3.63) is 22.7 Å². The third-order valence-corrected chi connectivity index (χ3v) is 4.97. The molecule has 2 unspecified atom stereocenters. The van der Waals surface area contributed by atoms with Crippen molar-refractivity contribution in [2.75, 3.05) is 24.6 Å². The van der Waals surface area contributed by atoms with E-state index in [9.17, 15) is 9.59 Å². The fourth-order valence-corrected chi connectivity index (χ4v) is 3.60. The topological polar surface area (TPSA) is 84.7 Å². The van der Waals surface area contributed by atoms with Crippen LogP contribution in [0.3, 0.4) is 0 Å². The number of nitrogens with zero attached hydrogens (tertiary/aromatic N) is 1. The maximum Gasteiger partial charge on any atom is 0.265 e. The van der Waals surface area contributed by atoms with Gasteiger partial charge in [-0.3, -0.25) is 14.5 Å². The van der Waals surface area contributed by atoms with E-state index in [-0.39, 0.29) is 43.4 Å². The van der Waals surface area contributed by atoms with E-state index in [1.54, 1.807) is 12.1 Å². The minimum Gasteiger partial charge on any atom is -0.482 e. The number of halogens is 2. The molecule has 2 aliphatic rings. The van der Waals surface area contributed by atoms with E-state index in [0.717, 1.165) is 23.7 Å². The first kappa shape index (κ1) is 19.0. The lowest BCUT2D eigenvalue weighted by molar-refractivity contribution is -0.125. The Kier molecular flexibility index (Phi) is 6.48. The third-order valence-electron chi connectivity index (χ3n) is 4.47. The molecule has 6 nitrogen and oxygen atoms in total. The zero-order valence-electron chi connectivity index (χ0n) is 13.2. The van der Waals surface area contributed by atoms with Crippen LogP contribution in [0.4, 0.5) is 5.69 Å². The average Bonchev–Trinajstić information content (AvgIpc) is 2.97. The predicted octanol–water partition coefficient (Wildman–Crippen LogP) is 1.84. The number of ether oxygens (including phenoxy) is 1. The van der Waals surface area contributed by atoms with Crippen molar-refractivity contribution in [1.29, 1.82) is 0 Å². The lowest BCUT2D eigenvalue weighted by Gasteiger charge is -2.29. The standard InChI is InChI=1S/C16H20BrN3O3.ClH/c17-11-4-5-13-14(6-11)23-9-16(22)20(13)8-15(21)19-12-3-1-2-10(12)7-18;/h4-6,10,12H,1-3,7-9,18H2,(H,19,21);1H. The van der Waals surface area contributed by atoms with Gasteiger partial charge in [-0.1, -0.05) is 22.4 Å². The lowest BCUT2D eigenvalue weighted by atomic mass is 10.0. The van der Waals surface area contributed by atoms with E-state index in [1.165, 1.54) is 4.90 Å².